The van der Waals surface area contributed by atoms with E-state index in [0.29, 0.717) is 12.5 Å². The number of amides is 1. The molecule has 0 radical (unpaired) electrons. The molecule has 0 aromatic heterocycles. The molecule has 2 atom stereocenters. The molecule has 1 aromatic rings. The van der Waals surface area contributed by atoms with Crippen LogP contribution in [0, 0.1) is 0 Å². The van der Waals surface area contributed by atoms with E-state index < -0.39 is 0 Å². The van der Waals surface area contributed by atoms with E-state index in [9.17, 15) is 4.79 Å². The first-order valence-electron chi connectivity index (χ1n) is 9.61. The summed E-state index contributed by atoms with van der Waals surface area (Å²) < 4.78 is 11.6. The molecule has 2 N–H and O–H groups in total. The number of hydrogen-bond donors (Lipinski definition) is 2. The molecule has 6 heteroatoms. The quantitative estimate of drug-likeness (QED) is 0.762. The highest BCUT2D eigenvalue weighted by Gasteiger charge is 2.21. The number of thioether (sulfide) groups is 1. The largest absolute Gasteiger partial charge is 0.493 e. The van der Waals surface area contributed by atoms with Crippen molar-refractivity contribution in [1.82, 2.24) is 10.6 Å². The lowest BCUT2D eigenvalue weighted by molar-refractivity contribution is -0.122. The Hall–Kier alpha value is -1.40. The van der Waals surface area contributed by atoms with Gasteiger partial charge in [-0.25, -0.2) is 0 Å². The lowest BCUT2D eigenvalue weighted by atomic mass is 10.1. The Morgan fingerprint density at radius 2 is 2.15 bits per heavy atom. The van der Waals surface area contributed by atoms with Crippen LogP contribution in [0.5, 0.6) is 11.5 Å². The summed E-state index contributed by atoms with van der Waals surface area (Å²) in [4.78, 5) is 12.3. The van der Waals surface area contributed by atoms with Gasteiger partial charge in [-0.2, -0.15) is 11.8 Å². The molecule has 2 unspecified atom stereocenters. The van der Waals surface area contributed by atoms with Crippen LogP contribution in [0.1, 0.15) is 50.6 Å². The number of methoxy groups -OCH3 is 1. The monoisotopic (exact) mass is 378 g/mol. The maximum Gasteiger partial charge on any atom is 0.222 e. The number of carbonyl (C=O) groups excluding carboxylic acids is 1. The fourth-order valence-electron chi connectivity index (χ4n) is 3.60. The molecular formula is C20H30N2O3S. The third kappa shape index (κ3) is 5.30. The Balaban J connectivity index is 1.57. The van der Waals surface area contributed by atoms with Gasteiger partial charge < -0.3 is 20.1 Å². The van der Waals surface area contributed by atoms with Gasteiger partial charge in [-0.1, -0.05) is 6.07 Å². The minimum Gasteiger partial charge on any atom is -0.493 e. The average molecular weight is 379 g/mol. The fraction of sp³-hybridized carbons (Fsp3) is 0.650. The summed E-state index contributed by atoms with van der Waals surface area (Å²) in [6.07, 6.45) is 5.53. The predicted octanol–water partition coefficient (Wildman–Crippen LogP) is 3.29. The lowest BCUT2D eigenvalue weighted by Gasteiger charge is -2.24. The highest BCUT2D eigenvalue weighted by Crippen LogP contribution is 2.33. The Bertz CT molecular complexity index is 599. The lowest BCUT2D eigenvalue weighted by Crippen LogP contribution is -2.41. The Labute approximate surface area is 160 Å². The van der Waals surface area contributed by atoms with E-state index >= 15 is 0 Å². The van der Waals surface area contributed by atoms with Gasteiger partial charge >= 0.3 is 0 Å². The van der Waals surface area contributed by atoms with Gasteiger partial charge in [0.25, 0.3) is 0 Å². The number of benzene rings is 1. The predicted molar refractivity (Wildman–Crippen MR) is 106 cm³/mol. The van der Waals surface area contributed by atoms with E-state index in [1.165, 1.54) is 12.8 Å². The molecule has 1 aliphatic carbocycles. The van der Waals surface area contributed by atoms with E-state index in [1.807, 2.05) is 36.9 Å². The zero-order valence-corrected chi connectivity index (χ0v) is 16.6. The second kappa shape index (κ2) is 9.51. The van der Waals surface area contributed by atoms with E-state index in [0.717, 1.165) is 48.0 Å². The summed E-state index contributed by atoms with van der Waals surface area (Å²) in [6, 6.07) is 6.18. The van der Waals surface area contributed by atoms with E-state index in [2.05, 4.69) is 10.6 Å². The second-order valence-electron chi connectivity index (χ2n) is 7.15. The van der Waals surface area contributed by atoms with Crippen molar-refractivity contribution in [1.29, 1.82) is 0 Å². The molecule has 2 fully saturated rings. The van der Waals surface area contributed by atoms with E-state index in [1.54, 1.807) is 7.11 Å². The third-order valence-electron chi connectivity index (χ3n) is 5.09. The van der Waals surface area contributed by atoms with Crippen molar-refractivity contribution in [2.75, 3.05) is 25.2 Å². The van der Waals surface area contributed by atoms with Crippen LogP contribution in [0.25, 0.3) is 0 Å². The molecule has 1 saturated heterocycles. The number of hydrogen-bond acceptors (Lipinski definition) is 5. The van der Waals surface area contributed by atoms with Gasteiger partial charge in [-0.15, -0.1) is 0 Å². The standard InChI is InChI=1S/C20H30N2O3S/c1-14(22-20(23)12-16-13-26-10-9-21-16)15-7-8-18(19(11-15)24-2)25-17-5-3-4-6-17/h7-8,11,14,16-17,21H,3-6,9-10,12-13H2,1-2H3,(H,22,23). The first-order chi connectivity index (χ1) is 12.7. The zero-order valence-electron chi connectivity index (χ0n) is 15.8. The van der Waals surface area contributed by atoms with Crippen molar-refractivity contribution < 1.29 is 14.3 Å². The first-order valence-corrected chi connectivity index (χ1v) is 10.8. The van der Waals surface area contributed by atoms with Gasteiger partial charge in [0.1, 0.15) is 0 Å². The van der Waals surface area contributed by atoms with Crippen LogP contribution < -0.4 is 20.1 Å². The smallest absolute Gasteiger partial charge is 0.222 e. The molecule has 1 amide bonds. The van der Waals surface area contributed by atoms with Crippen molar-refractivity contribution in [2.24, 2.45) is 0 Å². The summed E-state index contributed by atoms with van der Waals surface area (Å²) in [6.45, 7) is 2.99. The summed E-state index contributed by atoms with van der Waals surface area (Å²) >= 11 is 1.91. The Morgan fingerprint density at radius 1 is 1.35 bits per heavy atom. The van der Waals surface area contributed by atoms with Crippen molar-refractivity contribution in [3.63, 3.8) is 0 Å². The second-order valence-corrected chi connectivity index (χ2v) is 8.30. The third-order valence-corrected chi connectivity index (χ3v) is 6.22. The van der Waals surface area contributed by atoms with Gasteiger partial charge in [0.2, 0.25) is 5.91 Å². The molecule has 1 aliphatic heterocycles. The van der Waals surface area contributed by atoms with E-state index in [4.69, 9.17) is 9.47 Å². The van der Waals surface area contributed by atoms with Gasteiger partial charge in [-0.05, 0) is 50.3 Å². The summed E-state index contributed by atoms with van der Waals surface area (Å²) in [7, 11) is 1.66. The van der Waals surface area contributed by atoms with Crippen molar-refractivity contribution in [2.45, 2.75) is 57.2 Å². The maximum absolute atomic E-state index is 12.3. The molecule has 0 bridgehead atoms. The zero-order chi connectivity index (χ0) is 18.4. The molecule has 5 nitrogen and oxygen atoms in total. The van der Waals surface area contributed by atoms with Gasteiger partial charge in [0, 0.05) is 30.5 Å². The normalized spacial score (nSPS) is 22.0. The Morgan fingerprint density at radius 3 is 2.85 bits per heavy atom. The van der Waals surface area contributed by atoms with Crippen LogP contribution in [0.3, 0.4) is 0 Å². The summed E-state index contributed by atoms with van der Waals surface area (Å²) in [5, 5.41) is 6.51. The Kier molecular flexibility index (Phi) is 7.08. The fourth-order valence-corrected chi connectivity index (χ4v) is 4.54. The van der Waals surface area contributed by atoms with Crippen LogP contribution in [-0.2, 0) is 4.79 Å². The van der Waals surface area contributed by atoms with Gasteiger partial charge in [0.15, 0.2) is 11.5 Å². The molecule has 1 heterocycles. The van der Waals surface area contributed by atoms with Crippen LogP contribution in [0.4, 0.5) is 0 Å². The van der Waals surface area contributed by atoms with Crippen molar-refractivity contribution >= 4 is 17.7 Å². The van der Waals surface area contributed by atoms with E-state index in [-0.39, 0.29) is 18.0 Å². The van der Waals surface area contributed by atoms with Gasteiger partial charge in [0.05, 0.1) is 19.3 Å². The molecule has 0 spiro atoms. The molecule has 26 heavy (non-hydrogen) atoms. The molecule has 3 rings (SSSR count). The SMILES string of the molecule is COc1cc(C(C)NC(=O)CC2CSCCN2)ccc1OC1CCCC1. The molecular weight excluding hydrogens is 348 g/mol. The van der Waals surface area contributed by atoms with Crippen LogP contribution in [0.15, 0.2) is 18.2 Å². The first kappa shape index (κ1) is 19.4. The minimum atomic E-state index is -0.0619. The van der Waals surface area contributed by atoms with Crippen molar-refractivity contribution in [3.8, 4) is 11.5 Å². The summed E-state index contributed by atoms with van der Waals surface area (Å²) in [5.41, 5.74) is 1.03. The number of ether oxygens (including phenoxy) is 2. The number of rotatable bonds is 7. The molecule has 144 valence electrons. The average Bonchev–Trinajstić information content (AvgIpc) is 3.15. The van der Waals surface area contributed by atoms with Crippen LogP contribution in [-0.4, -0.2) is 43.2 Å². The summed E-state index contributed by atoms with van der Waals surface area (Å²) in [5.74, 6) is 3.75. The molecule has 1 saturated carbocycles. The highest BCUT2D eigenvalue weighted by atomic mass is 32.2. The van der Waals surface area contributed by atoms with Crippen LogP contribution in [0.2, 0.25) is 0 Å². The minimum absolute atomic E-state index is 0.0619. The molecule has 1 aromatic carbocycles. The topological polar surface area (TPSA) is 59.6 Å². The van der Waals surface area contributed by atoms with Crippen LogP contribution >= 0.6 is 11.8 Å². The maximum atomic E-state index is 12.3. The van der Waals surface area contributed by atoms with Crippen molar-refractivity contribution in [3.05, 3.63) is 23.8 Å². The number of carbonyl (C=O) groups is 1. The number of nitrogens with one attached hydrogen (secondary N) is 2. The van der Waals surface area contributed by atoms with Gasteiger partial charge in [-0.3, -0.25) is 4.79 Å². The highest BCUT2D eigenvalue weighted by molar-refractivity contribution is 7.99. The molecule has 2 aliphatic rings.